The molecular weight excluding hydrogens is 198 g/mol. The zero-order valence-corrected chi connectivity index (χ0v) is 9.24. The first-order valence-corrected chi connectivity index (χ1v) is 5.90. The van der Waals surface area contributed by atoms with Gasteiger partial charge in [0, 0.05) is 0 Å². The van der Waals surface area contributed by atoms with Crippen molar-refractivity contribution in [1.29, 1.82) is 5.26 Å². The van der Waals surface area contributed by atoms with Crippen LogP contribution in [0.4, 0.5) is 0 Å². The van der Waals surface area contributed by atoms with Crippen molar-refractivity contribution in [1.82, 2.24) is 0 Å². The van der Waals surface area contributed by atoms with Gasteiger partial charge in [-0.2, -0.15) is 5.26 Å². The lowest BCUT2D eigenvalue weighted by atomic mass is 9.60. The Morgan fingerprint density at radius 2 is 1.69 bits per heavy atom. The Kier molecular flexibility index (Phi) is 1.90. The first-order chi connectivity index (χ1) is 7.69. The zero-order chi connectivity index (χ0) is 11.2. The molecule has 0 aromatic heterocycles. The minimum absolute atomic E-state index is 0.561. The van der Waals surface area contributed by atoms with Crippen LogP contribution in [-0.2, 0) is 12.8 Å². The quantitative estimate of drug-likeness (QED) is 0.777. The second kappa shape index (κ2) is 3.09. The van der Waals surface area contributed by atoms with E-state index in [-0.39, 0.29) is 0 Å². The Labute approximate surface area is 95.5 Å². The van der Waals surface area contributed by atoms with Gasteiger partial charge in [-0.05, 0) is 43.2 Å². The van der Waals surface area contributed by atoms with Crippen LogP contribution >= 0.6 is 0 Å². The summed E-state index contributed by atoms with van der Waals surface area (Å²) in [6.07, 6.45) is 4.06. The van der Waals surface area contributed by atoms with Gasteiger partial charge in [0.05, 0.1) is 17.1 Å². The zero-order valence-electron chi connectivity index (χ0n) is 9.24. The van der Waals surface area contributed by atoms with E-state index in [0.717, 1.165) is 32.1 Å². The molecule has 0 aliphatic heterocycles. The summed E-state index contributed by atoms with van der Waals surface area (Å²) in [5.74, 6) is 0. The first kappa shape index (κ1) is 9.86. The molecule has 1 N–H and O–H groups in total. The van der Waals surface area contributed by atoms with Crippen molar-refractivity contribution < 1.29 is 5.11 Å². The predicted octanol–water partition coefficient (Wildman–Crippen LogP) is 2.21. The maximum atomic E-state index is 10.5. The van der Waals surface area contributed by atoms with E-state index in [0.29, 0.717) is 0 Å². The molecule has 0 heterocycles. The molecule has 1 saturated carbocycles. The number of rotatable bonds is 1. The van der Waals surface area contributed by atoms with Gasteiger partial charge in [-0.15, -0.1) is 0 Å². The van der Waals surface area contributed by atoms with Crippen molar-refractivity contribution in [2.75, 3.05) is 0 Å². The highest BCUT2D eigenvalue weighted by Gasteiger charge is 2.56. The van der Waals surface area contributed by atoms with Gasteiger partial charge < -0.3 is 5.11 Å². The fraction of sp³-hybridized carbons (Fsp3) is 0.500. The molecule has 0 unspecified atom stereocenters. The van der Waals surface area contributed by atoms with E-state index < -0.39 is 11.0 Å². The second-order valence-corrected chi connectivity index (χ2v) is 5.20. The molecule has 1 aromatic rings. The van der Waals surface area contributed by atoms with Crippen LogP contribution in [-0.4, -0.2) is 10.7 Å². The van der Waals surface area contributed by atoms with Crippen LogP contribution in [0.15, 0.2) is 24.3 Å². The van der Waals surface area contributed by atoms with Gasteiger partial charge in [-0.25, -0.2) is 0 Å². The maximum absolute atomic E-state index is 10.5. The molecule has 3 rings (SSSR count). The van der Waals surface area contributed by atoms with E-state index in [1.165, 1.54) is 11.1 Å². The highest BCUT2D eigenvalue weighted by molar-refractivity contribution is 5.39. The fourth-order valence-electron chi connectivity index (χ4n) is 3.12. The molecule has 1 fully saturated rings. The van der Waals surface area contributed by atoms with Crippen LogP contribution < -0.4 is 0 Å². The summed E-state index contributed by atoms with van der Waals surface area (Å²) in [7, 11) is 0. The fourth-order valence-corrected chi connectivity index (χ4v) is 3.12. The lowest BCUT2D eigenvalue weighted by Crippen LogP contribution is -2.53. The average molecular weight is 213 g/mol. The Hall–Kier alpha value is -1.33. The van der Waals surface area contributed by atoms with Crippen LogP contribution in [0.25, 0.3) is 0 Å². The second-order valence-electron chi connectivity index (χ2n) is 5.20. The summed E-state index contributed by atoms with van der Waals surface area (Å²) in [5, 5.41) is 20.0. The summed E-state index contributed by atoms with van der Waals surface area (Å²) >= 11 is 0. The van der Waals surface area contributed by atoms with Crippen molar-refractivity contribution >= 4 is 0 Å². The summed E-state index contributed by atoms with van der Waals surface area (Å²) in [6.45, 7) is 0. The number of benzene rings is 1. The Morgan fingerprint density at radius 3 is 2.06 bits per heavy atom. The van der Waals surface area contributed by atoms with E-state index >= 15 is 0 Å². The molecule has 0 bridgehead atoms. The first-order valence-electron chi connectivity index (χ1n) is 5.90. The molecule has 0 saturated heterocycles. The third-order valence-corrected chi connectivity index (χ3v) is 4.39. The Balaban J connectivity index is 2.01. The minimum atomic E-state index is -0.735. The molecule has 2 aliphatic rings. The van der Waals surface area contributed by atoms with Crippen molar-refractivity contribution in [2.45, 2.75) is 37.7 Å². The van der Waals surface area contributed by atoms with Crippen molar-refractivity contribution in [2.24, 2.45) is 5.41 Å². The number of fused-ring (bicyclic) bond motifs is 1. The molecule has 2 heteroatoms. The molecule has 82 valence electrons. The summed E-state index contributed by atoms with van der Waals surface area (Å²) in [6, 6.07) is 10.6. The lowest BCUT2D eigenvalue weighted by molar-refractivity contribution is -0.111. The van der Waals surface area contributed by atoms with Crippen molar-refractivity contribution in [3.8, 4) is 6.07 Å². The van der Waals surface area contributed by atoms with Gasteiger partial charge in [-0.1, -0.05) is 24.3 Å². The molecule has 0 atom stereocenters. The van der Waals surface area contributed by atoms with Crippen LogP contribution in [0.5, 0.6) is 0 Å². The van der Waals surface area contributed by atoms with Crippen molar-refractivity contribution in [3.63, 3.8) is 0 Å². The number of aliphatic hydroxyl groups is 1. The summed E-state index contributed by atoms with van der Waals surface area (Å²) in [4.78, 5) is 0. The molecule has 0 amide bonds. The Morgan fingerprint density at radius 1 is 1.12 bits per heavy atom. The number of hydrogen-bond donors (Lipinski definition) is 1. The van der Waals surface area contributed by atoms with Crippen molar-refractivity contribution in [3.05, 3.63) is 35.4 Å². The molecule has 0 radical (unpaired) electrons. The smallest absolute Gasteiger partial charge is 0.0940 e. The van der Waals surface area contributed by atoms with Gasteiger partial charge in [0.1, 0.15) is 0 Å². The van der Waals surface area contributed by atoms with E-state index in [4.69, 9.17) is 0 Å². The SMILES string of the molecule is N#CC1(C2(O)CCC2)Cc2ccccc2C1. The number of hydrogen-bond acceptors (Lipinski definition) is 2. The largest absolute Gasteiger partial charge is 0.388 e. The third-order valence-electron chi connectivity index (χ3n) is 4.39. The summed E-state index contributed by atoms with van der Waals surface area (Å²) < 4.78 is 0. The van der Waals surface area contributed by atoms with E-state index in [1.807, 2.05) is 12.1 Å². The average Bonchev–Trinajstić information content (AvgIpc) is 2.65. The normalized spacial score (nSPS) is 24.2. The molecule has 2 aliphatic carbocycles. The van der Waals surface area contributed by atoms with Gasteiger partial charge in [0.2, 0.25) is 0 Å². The molecule has 1 aromatic carbocycles. The Bertz CT molecular complexity index is 443. The van der Waals surface area contributed by atoms with E-state index in [2.05, 4.69) is 18.2 Å². The van der Waals surface area contributed by atoms with Crippen LogP contribution in [0, 0.1) is 16.7 Å². The number of nitriles is 1. The van der Waals surface area contributed by atoms with E-state index in [9.17, 15) is 10.4 Å². The van der Waals surface area contributed by atoms with Crippen LogP contribution in [0.1, 0.15) is 30.4 Å². The molecular formula is C14H15NO. The monoisotopic (exact) mass is 213 g/mol. The number of nitrogens with zero attached hydrogens (tertiary/aromatic N) is 1. The van der Waals surface area contributed by atoms with Gasteiger partial charge in [0.25, 0.3) is 0 Å². The summed E-state index contributed by atoms with van der Waals surface area (Å²) in [5.41, 5.74) is 1.18. The molecule has 2 nitrogen and oxygen atoms in total. The third kappa shape index (κ3) is 1.10. The standard InChI is InChI=1S/C14H15NO/c15-10-13(14(16)6-3-7-14)8-11-4-1-2-5-12(11)9-13/h1-2,4-5,16H,3,6-9H2. The molecule has 0 spiro atoms. The van der Waals surface area contributed by atoms with Crippen LogP contribution in [0.2, 0.25) is 0 Å². The minimum Gasteiger partial charge on any atom is -0.388 e. The van der Waals surface area contributed by atoms with Gasteiger partial charge >= 0.3 is 0 Å². The highest BCUT2D eigenvalue weighted by atomic mass is 16.3. The maximum Gasteiger partial charge on any atom is 0.0940 e. The topological polar surface area (TPSA) is 44.0 Å². The highest BCUT2D eigenvalue weighted by Crippen LogP contribution is 2.52. The van der Waals surface area contributed by atoms with Gasteiger partial charge in [0.15, 0.2) is 0 Å². The predicted molar refractivity (Wildman–Crippen MR) is 60.7 cm³/mol. The van der Waals surface area contributed by atoms with Crippen LogP contribution in [0.3, 0.4) is 0 Å². The lowest BCUT2D eigenvalue weighted by Gasteiger charge is -2.47. The molecule has 16 heavy (non-hydrogen) atoms. The van der Waals surface area contributed by atoms with Gasteiger partial charge in [-0.3, -0.25) is 0 Å². The van der Waals surface area contributed by atoms with E-state index in [1.54, 1.807) is 0 Å².